The third-order valence-electron chi connectivity index (χ3n) is 1.95. The van der Waals surface area contributed by atoms with Gasteiger partial charge in [0.1, 0.15) is 5.82 Å². The SMILES string of the molecule is COC(=O)c1cc(F)c(C(=O)OC)cc1N. The highest BCUT2D eigenvalue weighted by atomic mass is 19.1. The van der Waals surface area contributed by atoms with Crippen LogP contribution in [0.5, 0.6) is 0 Å². The first-order valence-electron chi connectivity index (χ1n) is 4.27. The lowest BCUT2D eigenvalue weighted by Crippen LogP contribution is -2.11. The summed E-state index contributed by atoms with van der Waals surface area (Å²) in [6, 6.07) is 1.88. The van der Waals surface area contributed by atoms with Crippen LogP contribution in [-0.2, 0) is 9.47 Å². The predicted molar refractivity (Wildman–Crippen MR) is 53.5 cm³/mol. The molecule has 0 unspecified atom stereocenters. The van der Waals surface area contributed by atoms with E-state index in [0.717, 1.165) is 26.4 Å². The van der Waals surface area contributed by atoms with E-state index in [-0.39, 0.29) is 16.8 Å². The van der Waals surface area contributed by atoms with Gasteiger partial charge in [-0.15, -0.1) is 0 Å². The van der Waals surface area contributed by atoms with Crippen molar-refractivity contribution >= 4 is 17.6 Å². The largest absolute Gasteiger partial charge is 0.465 e. The number of nitrogens with two attached hydrogens (primary N) is 1. The summed E-state index contributed by atoms with van der Waals surface area (Å²) in [4.78, 5) is 22.3. The van der Waals surface area contributed by atoms with E-state index >= 15 is 0 Å². The Kier molecular flexibility index (Phi) is 3.44. The highest BCUT2D eigenvalue weighted by Crippen LogP contribution is 2.19. The number of hydrogen-bond donors (Lipinski definition) is 1. The second kappa shape index (κ2) is 4.61. The number of anilines is 1. The van der Waals surface area contributed by atoms with Gasteiger partial charge in [0.05, 0.1) is 25.3 Å². The zero-order chi connectivity index (χ0) is 12.3. The molecule has 1 rings (SSSR count). The molecule has 0 aliphatic heterocycles. The van der Waals surface area contributed by atoms with Crippen molar-refractivity contribution < 1.29 is 23.5 Å². The molecule has 1 aromatic carbocycles. The molecule has 5 nitrogen and oxygen atoms in total. The molecule has 0 aliphatic rings. The van der Waals surface area contributed by atoms with Gasteiger partial charge in [0, 0.05) is 5.69 Å². The summed E-state index contributed by atoms with van der Waals surface area (Å²) in [5.74, 6) is -2.52. The Morgan fingerprint density at radius 2 is 1.62 bits per heavy atom. The lowest BCUT2D eigenvalue weighted by atomic mass is 10.1. The molecule has 6 heteroatoms. The molecule has 0 amide bonds. The van der Waals surface area contributed by atoms with E-state index in [1.165, 1.54) is 0 Å². The van der Waals surface area contributed by atoms with E-state index in [4.69, 9.17) is 5.73 Å². The molecule has 1 aromatic rings. The summed E-state index contributed by atoms with van der Waals surface area (Å²) in [5.41, 5.74) is 4.98. The standard InChI is InChI=1S/C10H10FNO4/c1-15-9(13)5-4-8(12)6(3-7(5)11)10(14)16-2/h3-4H,12H2,1-2H3. The van der Waals surface area contributed by atoms with Gasteiger partial charge >= 0.3 is 11.9 Å². The number of halogens is 1. The first-order chi connectivity index (χ1) is 7.51. The quantitative estimate of drug-likeness (QED) is 0.601. The number of rotatable bonds is 2. The molecule has 0 spiro atoms. The molecule has 0 saturated heterocycles. The number of carbonyl (C=O) groups excluding carboxylic acids is 2. The molecule has 0 fully saturated rings. The van der Waals surface area contributed by atoms with Crippen LogP contribution in [0.25, 0.3) is 0 Å². The van der Waals surface area contributed by atoms with Gasteiger partial charge in [0.25, 0.3) is 0 Å². The Balaban J connectivity index is 3.27. The topological polar surface area (TPSA) is 78.6 Å². The Bertz CT molecular complexity index is 403. The molecule has 16 heavy (non-hydrogen) atoms. The van der Waals surface area contributed by atoms with Crippen LogP contribution < -0.4 is 5.73 Å². The van der Waals surface area contributed by atoms with Crippen LogP contribution in [0.4, 0.5) is 10.1 Å². The zero-order valence-corrected chi connectivity index (χ0v) is 8.74. The molecule has 0 heterocycles. The summed E-state index contributed by atoms with van der Waals surface area (Å²) in [6.45, 7) is 0. The molecule has 0 aliphatic carbocycles. The van der Waals surface area contributed by atoms with Crippen LogP contribution in [0.3, 0.4) is 0 Å². The fourth-order valence-electron chi connectivity index (χ4n) is 1.14. The van der Waals surface area contributed by atoms with Crippen molar-refractivity contribution in [3.05, 3.63) is 29.1 Å². The molecule has 86 valence electrons. The van der Waals surface area contributed by atoms with Crippen LogP contribution in [0, 0.1) is 5.82 Å². The van der Waals surface area contributed by atoms with Gasteiger partial charge in [0.15, 0.2) is 0 Å². The molecule has 0 aromatic heterocycles. The van der Waals surface area contributed by atoms with Crippen molar-refractivity contribution in [2.75, 3.05) is 20.0 Å². The second-order valence-electron chi connectivity index (χ2n) is 2.90. The lowest BCUT2D eigenvalue weighted by molar-refractivity contribution is 0.0583. The van der Waals surface area contributed by atoms with Crippen molar-refractivity contribution in [3.8, 4) is 0 Å². The first kappa shape index (κ1) is 12.0. The number of benzene rings is 1. The van der Waals surface area contributed by atoms with E-state index in [0.29, 0.717) is 0 Å². The van der Waals surface area contributed by atoms with Crippen LogP contribution in [0.1, 0.15) is 20.7 Å². The van der Waals surface area contributed by atoms with E-state index < -0.39 is 17.8 Å². The maximum atomic E-state index is 13.4. The minimum atomic E-state index is -0.888. The smallest absolute Gasteiger partial charge is 0.340 e. The van der Waals surface area contributed by atoms with Gasteiger partial charge < -0.3 is 15.2 Å². The monoisotopic (exact) mass is 227 g/mol. The second-order valence-corrected chi connectivity index (χ2v) is 2.90. The van der Waals surface area contributed by atoms with Gasteiger partial charge in [-0.3, -0.25) is 0 Å². The number of nitrogen functional groups attached to an aromatic ring is 1. The molecular weight excluding hydrogens is 217 g/mol. The van der Waals surface area contributed by atoms with Crippen molar-refractivity contribution in [3.63, 3.8) is 0 Å². The average molecular weight is 227 g/mol. The summed E-state index contributed by atoms with van der Waals surface area (Å²) in [5, 5.41) is 0. The first-order valence-corrected chi connectivity index (χ1v) is 4.27. The fraction of sp³-hybridized carbons (Fsp3) is 0.200. The van der Waals surface area contributed by atoms with E-state index in [1.807, 2.05) is 0 Å². The number of carbonyl (C=O) groups is 2. The minimum Gasteiger partial charge on any atom is -0.465 e. The van der Waals surface area contributed by atoms with Crippen molar-refractivity contribution in [2.45, 2.75) is 0 Å². The molecule has 2 N–H and O–H groups in total. The number of methoxy groups -OCH3 is 2. The van der Waals surface area contributed by atoms with E-state index in [2.05, 4.69) is 9.47 Å². The van der Waals surface area contributed by atoms with Crippen LogP contribution in [0.15, 0.2) is 12.1 Å². The Morgan fingerprint density at radius 3 is 2.12 bits per heavy atom. The summed E-state index contributed by atoms with van der Waals surface area (Å²) in [7, 11) is 2.26. The fourth-order valence-corrected chi connectivity index (χ4v) is 1.14. The van der Waals surface area contributed by atoms with Gasteiger partial charge in [-0.25, -0.2) is 14.0 Å². The highest BCUT2D eigenvalue weighted by Gasteiger charge is 2.18. The molecule has 0 atom stereocenters. The number of hydrogen-bond acceptors (Lipinski definition) is 5. The van der Waals surface area contributed by atoms with Crippen LogP contribution >= 0.6 is 0 Å². The van der Waals surface area contributed by atoms with Crippen LogP contribution in [0.2, 0.25) is 0 Å². The van der Waals surface area contributed by atoms with Crippen LogP contribution in [-0.4, -0.2) is 26.2 Å². The number of ether oxygens (including phenoxy) is 2. The molecule has 0 radical (unpaired) electrons. The molecule has 0 bridgehead atoms. The van der Waals surface area contributed by atoms with Crippen molar-refractivity contribution in [1.82, 2.24) is 0 Å². The average Bonchev–Trinajstić information content (AvgIpc) is 2.29. The maximum absolute atomic E-state index is 13.4. The Hall–Kier alpha value is -2.11. The Labute approximate surface area is 90.9 Å². The molecule has 0 saturated carbocycles. The van der Waals surface area contributed by atoms with E-state index in [9.17, 15) is 14.0 Å². The van der Waals surface area contributed by atoms with Gasteiger partial charge in [-0.1, -0.05) is 0 Å². The lowest BCUT2D eigenvalue weighted by Gasteiger charge is -2.07. The summed E-state index contributed by atoms with van der Waals surface area (Å²) < 4.78 is 22.1. The third kappa shape index (κ3) is 2.10. The predicted octanol–water partition coefficient (Wildman–Crippen LogP) is 0.981. The molecular formula is C10H10FNO4. The summed E-state index contributed by atoms with van der Waals surface area (Å²) in [6.07, 6.45) is 0. The highest BCUT2D eigenvalue weighted by molar-refractivity contribution is 5.98. The van der Waals surface area contributed by atoms with Crippen molar-refractivity contribution in [1.29, 1.82) is 0 Å². The van der Waals surface area contributed by atoms with Gasteiger partial charge in [-0.2, -0.15) is 0 Å². The number of esters is 2. The zero-order valence-electron chi connectivity index (χ0n) is 8.74. The Morgan fingerprint density at radius 1 is 1.12 bits per heavy atom. The summed E-state index contributed by atoms with van der Waals surface area (Å²) >= 11 is 0. The normalized spacial score (nSPS) is 9.69. The van der Waals surface area contributed by atoms with Gasteiger partial charge in [-0.05, 0) is 12.1 Å². The third-order valence-corrected chi connectivity index (χ3v) is 1.95. The van der Waals surface area contributed by atoms with Crippen molar-refractivity contribution in [2.24, 2.45) is 0 Å². The van der Waals surface area contributed by atoms with Gasteiger partial charge in [0.2, 0.25) is 0 Å². The van der Waals surface area contributed by atoms with E-state index in [1.54, 1.807) is 0 Å². The maximum Gasteiger partial charge on any atom is 0.340 e. The minimum absolute atomic E-state index is 0.0475.